The first-order valence-electron chi connectivity index (χ1n) is 12.5. The summed E-state index contributed by atoms with van der Waals surface area (Å²) in [7, 11) is -0.523. The molecule has 0 bridgehead atoms. The van der Waals surface area contributed by atoms with Gasteiger partial charge in [0.25, 0.3) is 0 Å². The van der Waals surface area contributed by atoms with Crippen LogP contribution in [0.1, 0.15) is 65.6 Å². The quantitative estimate of drug-likeness (QED) is 0.312. The Hall–Kier alpha value is -2.84. The zero-order chi connectivity index (χ0) is 26.3. The van der Waals surface area contributed by atoms with Gasteiger partial charge in [-0.15, -0.1) is 0 Å². The molecule has 0 spiro atoms. The highest BCUT2D eigenvalue weighted by Gasteiger charge is 2.52. The van der Waals surface area contributed by atoms with Crippen LogP contribution in [0.5, 0.6) is 5.75 Å². The maximum Gasteiger partial charge on any atom is 0.495 e. The normalized spacial score (nSPS) is 16.6. The average Bonchev–Trinajstić information content (AvgIpc) is 3.30. The molecule has 0 atom stereocenters. The fourth-order valence-electron chi connectivity index (χ4n) is 4.41. The summed E-state index contributed by atoms with van der Waals surface area (Å²) in [5.41, 5.74) is 2.43. The SMILES string of the molecule is CCOC(=O)Cc1cc(F)ccc1OCc1cc(B2OC(C)(C)C(C)(C)O2)c2ccn(C(C)C)c2c1. The van der Waals surface area contributed by atoms with Gasteiger partial charge in [-0.05, 0) is 95.2 Å². The number of ether oxygens (including phenoxy) is 2. The molecule has 8 heteroatoms. The van der Waals surface area contributed by atoms with E-state index in [4.69, 9.17) is 18.8 Å². The van der Waals surface area contributed by atoms with Crippen molar-refractivity contribution in [3.8, 4) is 5.75 Å². The molecule has 0 amide bonds. The molecule has 1 aliphatic rings. The first-order valence-corrected chi connectivity index (χ1v) is 12.5. The second kappa shape index (κ2) is 9.90. The predicted octanol–water partition coefficient (Wildman–Crippen LogP) is 5.35. The number of hydrogen-bond acceptors (Lipinski definition) is 5. The molecular weight excluding hydrogens is 460 g/mol. The highest BCUT2D eigenvalue weighted by molar-refractivity contribution is 6.65. The van der Waals surface area contributed by atoms with Crippen LogP contribution in [0.25, 0.3) is 10.9 Å². The number of nitrogens with zero attached hydrogens (tertiary/aromatic N) is 1. The topological polar surface area (TPSA) is 58.9 Å². The molecule has 1 aliphatic heterocycles. The monoisotopic (exact) mass is 495 g/mol. The van der Waals surface area contributed by atoms with Crippen LogP contribution in [-0.4, -0.2) is 35.5 Å². The molecule has 1 aromatic heterocycles. The maximum atomic E-state index is 13.9. The first-order chi connectivity index (χ1) is 16.9. The zero-order valence-corrected chi connectivity index (χ0v) is 22.2. The summed E-state index contributed by atoms with van der Waals surface area (Å²) >= 11 is 0. The third-order valence-corrected chi connectivity index (χ3v) is 7.05. The van der Waals surface area contributed by atoms with Crippen LogP contribution in [0.2, 0.25) is 0 Å². The average molecular weight is 495 g/mol. The van der Waals surface area contributed by atoms with Crippen LogP contribution in [0.4, 0.5) is 4.39 Å². The van der Waals surface area contributed by atoms with Crippen LogP contribution in [0.15, 0.2) is 42.6 Å². The Morgan fingerprint density at radius 3 is 2.42 bits per heavy atom. The molecule has 2 heterocycles. The van der Waals surface area contributed by atoms with Gasteiger partial charge in [-0.25, -0.2) is 4.39 Å². The zero-order valence-electron chi connectivity index (χ0n) is 22.2. The first kappa shape index (κ1) is 26.2. The molecule has 0 N–H and O–H groups in total. The minimum absolute atomic E-state index is 0.0602. The summed E-state index contributed by atoms with van der Waals surface area (Å²) in [5, 5.41) is 1.07. The van der Waals surface area contributed by atoms with E-state index >= 15 is 0 Å². The van der Waals surface area contributed by atoms with E-state index in [1.54, 1.807) is 13.0 Å². The second-order valence-corrected chi connectivity index (χ2v) is 10.5. The fraction of sp³-hybridized carbons (Fsp3) is 0.464. The van der Waals surface area contributed by atoms with Crippen molar-refractivity contribution in [3.63, 3.8) is 0 Å². The van der Waals surface area contributed by atoms with Crippen molar-refractivity contribution < 1.29 is 28.0 Å². The van der Waals surface area contributed by atoms with Gasteiger partial charge in [-0.3, -0.25) is 4.79 Å². The van der Waals surface area contributed by atoms with Crippen molar-refractivity contribution in [2.45, 2.75) is 78.7 Å². The van der Waals surface area contributed by atoms with Gasteiger partial charge in [0.1, 0.15) is 18.2 Å². The summed E-state index contributed by atoms with van der Waals surface area (Å²) < 4.78 is 40.0. The van der Waals surface area contributed by atoms with Gasteiger partial charge in [-0.1, -0.05) is 6.07 Å². The van der Waals surface area contributed by atoms with Gasteiger partial charge >= 0.3 is 13.1 Å². The summed E-state index contributed by atoms with van der Waals surface area (Å²) in [4.78, 5) is 12.0. The van der Waals surface area contributed by atoms with E-state index in [1.165, 1.54) is 12.1 Å². The maximum absolute atomic E-state index is 13.9. The molecule has 6 nitrogen and oxygen atoms in total. The molecule has 4 rings (SSSR count). The molecule has 0 saturated carbocycles. The molecule has 0 radical (unpaired) electrons. The van der Waals surface area contributed by atoms with E-state index in [0.29, 0.717) is 11.3 Å². The minimum atomic E-state index is -0.523. The van der Waals surface area contributed by atoms with Crippen LogP contribution in [-0.2, 0) is 31.9 Å². The Kier molecular flexibility index (Phi) is 7.22. The minimum Gasteiger partial charge on any atom is -0.489 e. The van der Waals surface area contributed by atoms with Crippen LogP contribution < -0.4 is 10.2 Å². The number of esters is 1. The Bertz CT molecular complexity index is 1250. The second-order valence-electron chi connectivity index (χ2n) is 10.5. The number of aromatic nitrogens is 1. The Morgan fingerprint density at radius 2 is 1.78 bits per heavy atom. The molecule has 36 heavy (non-hydrogen) atoms. The van der Waals surface area contributed by atoms with Crippen molar-refractivity contribution in [3.05, 3.63) is 59.5 Å². The molecule has 192 valence electrons. The largest absolute Gasteiger partial charge is 0.495 e. The van der Waals surface area contributed by atoms with Gasteiger partial charge in [0.15, 0.2) is 0 Å². The van der Waals surface area contributed by atoms with E-state index < -0.39 is 30.1 Å². The molecule has 3 aromatic rings. The number of benzene rings is 2. The third-order valence-electron chi connectivity index (χ3n) is 7.05. The lowest BCUT2D eigenvalue weighted by atomic mass is 9.76. The molecule has 1 fully saturated rings. The van der Waals surface area contributed by atoms with Gasteiger partial charge in [-0.2, -0.15) is 0 Å². The van der Waals surface area contributed by atoms with Gasteiger partial charge in [0.2, 0.25) is 0 Å². The predicted molar refractivity (Wildman–Crippen MR) is 139 cm³/mol. The molecular formula is C28H35BFNO5. The van der Waals surface area contributed by atoms with Gasteiger partial charge in [0, 0.05) is 23.3 Å². The molecule has 2 aromatic carbocycles. The standard InChI is InChI=1S/C28H35BFNO5/c1-8-33-26(32)16-20-15-21(30)9-10-25(20)34-17-19-13-23(29-35-27(4,5)28(6,7)36-29)22-11-12-31(18(2)3)24(22)14-19/h9-15,18H,8,16-17H2,1-7H3. The van der Waals surface area contributed by atoms with E-state index in [2.05, 4.69) is 36.7 Å². The van der Waals surface area contributed by atoms with Crippen molar-refractivity contribution in [2.75, 3.05) is 6.61 Å². The Balaban J connectivity index is 1.68. The van der Waals surface area contributed by atoms with Gasteiger partial charge in [0.05, 0.1) is 24.2 Å². The number of carbonyl (C=O) groups excluding carboxylic acids is 1. The summed E-state index contributed by atoms with van der Waals surface area (Å²) in [6.07, 6.45) is 2.02. The number of fused-ring (bicyclic) bond motifs is 1. The highest BCUT2D eigenvalue weighted by atomic mass is 19.1. The third kappa shape index (κ3) is 5.16. The lowest BCUT2D eigenvalue weighted by molar-refractivity contribution is -0.142. The van der Waals surface area contributed by atoms with Crippen molar-refractivity contribution in [1.82, 2.24) is 4.57 Å². The number of rotatable bonds is 8. The fourth-order valence-corrected chi connectivity index (χ4v) is 4.41. The van der Waals surface area contributed by atoms with Crippen molar-refractivity contribution in [2.24, 2.45) is 0 Å². The van der Waals surface area contributed by atoms with E-state index in [9.17, 15) is 9.18 Å². The smallest absolute Gasteiger partial charge is 0.489 e. The highest BCUT2D eigenvalue weighted by Crippen LogP contribution is 2.37. The van der Waals surface area contributed by atoms with Gasteiger partial charge < -0.3 is 23.3 Å². The van der Waals surface area contributed by atoms with Crippen LogP contribution >= 0.6 is 0 Å². The summed E-state index contributed by atoms with van der Waals surface area (Å²) in [5.74, 6) is -0.408. The van der Waals surface area contributed by atoms with Crippen LogP contribution in [0, 0.1) is 5.82 Å². The molecule has 0 unspecified atom stereocenters. The molecule has 0 aliphatic carbocycles. The Labute approximate surface area is 212 Å². The number of hydrogen-bond donors (Lipinski definition) is 0. The van der Waals surface area contributed by atoms with Crippen molar-refractivity contribution in [1.29, 1.82) is 0 Å². The van der Waals surface area contributed by atoms with E-state index in [-0.39, 0.29) is 25.7 Å². The van der Waals surface area contributed by atoms with Crippen LogP contribution in [0.3, 0.4) is 0 Å². The number of carbonyl (C=O) groups is 1. The lowest BCUT2D eigenvalue weighted by Gasteiger charge is -2.32. The lowest BCUT2D eigenvalue weighted by Crippen LogP contribution is -2.41. The molecule has 1 saturated heterocycles. The van der Waals surface area contributed by atoms with E-state index in [1.807, 2.05) is 33.8 Å². The van der Waals surface area contributed by atoms with Crippen molar-refractivity contribution >= 4 is 29.5 Å². The summed E-state index contributed by atoms with van der Waals surface area (Å²) in [6, 6.07) is 10.7. The Morgan fingerprint density at radius 1 is 1.08 bits per heavy atom. The number of halogens is 1. The van der Waals surface area contributed by atoms with E-state index in [0.717, 1.165) is 21.9 Å². The summed E-state index contributed by atoms with van der Waals surface area (Å²) in [6.45, 7) is 14.7.